The van der Waals surface area contributed by atoms with Gasteiger partial charge in [-0.05, 0) is 37.1 Å². The number of aliphatic hydroxyl groups excluding tert-OH is 9. The lowest BCUT2D eigenvalue weighted by molar-refractivity contribution is -0.333. The largest absolute Gasteiger partial charge is 0.508 e. The molecule has 1 spiro atoms. The maximum absolute atomic E-state index is 13.6. The molecule has 51 heavy (non-hydrogen) atoms. The summed E-state index contributed by atoms with van der Waals surface area (Å²) in [5.74, 6) is -5.44. The van der Waals surface area contributed by atoms with Crippen LogP contribution in [0, 0.1) is 17.8 Å². The molecule has 10 N–H and O–H groups in total. The molecule has 3 aliphatic heterocycles. The molecule has 1 unspecified atom stereocenters. The molecule has 2 aliphatic carbocycles. The van der Waals surface area contributed by atoms with Gasteiger partial charge >= 0.3 is 11.9 Å². The Morgan fingerprint density at radius 2 is 1.55 bits per heavy atom. The van der Waals surface area contributed by atoms with E-state index in [1.807, 2.05) is 0 Å². The zero-order chi connectivity index (χ0) is 36.9. The van der Waals surface area contributed by atoms with Crippen molar-refractivity contribution in [1.82, 2.24) is 0 Å². The number of benzene rings is 1. The molecule has 5 fully saturated rings. The normalized spacial score (nSPS) is 47.1. The quantitative estimate of drug-likeness (QED) is 0.121. The monoisotopic (exact) mass is 730 g/mol. The van der Waals surface area contributed by atoms with Gasteiger partial charge in [0.05, 0.1) is 43.0 Å². The summed E-state index contributed by atoms with van der Waals surface area (Å²) < 4.78 is 34.7. The summed E-state index contributed by atoms with van der Waals surface area (Å²) in [4.78, 5) is 26.4. The highest BCUT2D eigenvalue weighted by atomic mass is 16.7. The van der Waals surface area contributed by atoms with Crippen molar-refractivity contribution in [3.8, 4) is 5.75 Å². The summed E-state index contributed by atoms with van der Waals surface area (Å²) in [6, 6.07) is 5.50. The lowest BCUT2D eigenvalue weighted by Crippen LogP contribution is -2.64. The highest BCUT2D eigenvalue weighted by Gasteiger charge is 2.63. The van der Waals surface area contributed by atoms with E-state index < -0.39 is 128 Å². The Morgan fingerprint density at radius 1 is 0.843 bits per heavy atom. The van der Waals surface area contributed by atoms with Gasteiger partial charge in [0.1, 0.15) is 66.8 Å². The summed E-state index contributed by atoms with van der Waals surface area (Å²) in [5, 5.41) is 104. The number of ether oxygens (including phenoxy) is 6. The second-order valence-corrected chi connectivity index (χ2v) is 14.3. The zero-order valence-electron chi connectivity index (χ0n) is 27.6. The Hall–Kier alpha value is -2.56. The van der Waals surface area contributed by atoms with Crippen molar-refractivity contribution >= 4 is 11.9 Å². The average molecular weight is 731 g/mol. The molecule has 0 bridgehead atoms. The van der Waals surface area contributed by atoms with Gasteiger partial charge < -0.3 is 79.5 Å². The van der Waals surface area contributed by atoms with E-state index in [0.717, 1.165) is 0 Å². The van der Waals surface area contributed by atoms with Crippen molar-refractivity contribution in [2.24, 2.45) is 17.8 Å². The molecule has 1 aromatic carbocycles. The van der Waals surface area contributed by atoms with E-state index >= 15 is 0 Å². The molecule has 3 saturated heterocycles. The first-order chi connectivity index (χ1) is 24.1. The van der Waals surface area contributed by atoms with Gasteiger partial charge in [-0.3, -0.25) is 4.79 Å². The zero-order valence-corrected chi connectivity index (χ0v) is 27.6. The SMILES string of the molecule is C[C@@H]1CO[C@@]2(C[C@@H]1OC(=O)c1ccc(O)cc1)O[C@@H]1C[C@@H](C(=O)O[C@@H]3C[C@H](O)[C@@H](O)[C@H](O)[C@H]3OC3O[C@H](CO)[C@@H](O)[C@H](O)[C@H]3O)C[C@H](O)[C@@H]1[C@H]2O. The van der Waals surface area contributed by atoms with E-state index in [9.17, 15) is 60.7 Å². The van der Waals surface area contributed by atoms with Crippen LogP contribution in [-0.4, -0.2) is 168 Å². The number of carbonyl (C=O) groups excluding carboxylic acids is 2. The van der Waals surface area contributed by atoms with E-state index in [2.05, 4.69) is 0 Å². The molecule has 286 valence electrons. The van der Waals surface area contributed by atoms with Crippen molar-refractivity contribution in [3.05, 3.63) is 29.8 Å². The first-order valence-electron chi connectivity index (χ1n) is 17.0. The highest BCUT2D eigenvalue weighted by molar-refractivity contribution is 5.89. The molecule has 2 saturated carbocycles. The van der Waals surface area contributed by atoms with Gasteiger partial charge in [0.25, 0.3) is 0 Å². The molecule has 18 atom stereocenters. The number of hydrogen-bond acceptors (Lipinski definition) is 18. The first kappa shape index (κ1) is 38.2. The third-order valence-electron chi connectivity index (χ3n) is 10.8. The Labute approximate surface area is 291 Å². The third kappa shape index (κ3) is 7.35. The summed E-state index contributed by atoms with van der Waals surface area (Å²) in [5.41, 5.74) is 0.201. The number of aliphatic hydroxyl groups is 9. The number of phenolic OH excluding ortho intramolecular Hbond substituents is 1. The second-order valence-electron chi connectivity index (χ2n) is 14.3. The van der Waals surface area contributed by atoms with Gasteiger partial charge in [-0.2, -0.15) is 0 Å². The smallest absolute Gasteiger partial charge is 0.338 e. The van der Waals surface area contributed by atoms with Crippen LogP contribution in [0.1, 0.15) is 43.0 Å². The molecule has 5 aliphatic rings. The maximum Gasteiger partial charge on any atom is 0.338 e. The Balaban J connectivity index is 1.13. The standard InChI is InChI=1S/C33H46O18/c1-12-11-46-33(9-20(12)48-30(44)13-2-4-15(35)5-3-13)29(43)22-16(36)6-14(7-18(22)51-33)31(45)47-19-8-17(37)23(38)26(41)28(19)50-32-27(42)25(40)24(39)21(10-34)49-32/h2-5,12,14,16-29,32,34-43H,6-11H2,1H3/t12-,14+,16+,17+,18-,19-,20+,21-,22+,23-,24-,25+,26+,27-,28+,29-,32?,33+/m1/s1. The fourth-order valence-electron chi connectivity index (χ4n) is 7.77. The minimum atomic E-state index is -1.88. The van der Waals surface area contributed by atoms with Crippen molar-refractivity contribution in [1.29, 1.82) is 0 Å². The van der Waals surface area contributed by atoms with Crippen LogP contribution in [-0.2, 0) is 33.2 Å². The summed E-state index contributed by atoms with van der Waals surface area (Å²) >= 11 is 0. The van der Waals surface area contributed by atoms with E-state index in [0.29, 0.717) is 0 Å². The van der Waals surface area contributed by atoms with Gasteiger partial charge in [-0.25, -0.2) is 4.79 Å². The van der Waals surface area contributed by atoms with E-state index in [-0.39, 0.29) is 43.1 Å². The number of fused-ring (bicyclic) bond motifs is 1. The minimum absolute atomic E-state index is 0.0234. The van der Waals surface area contributed by atoms with Gasteiger partial charge in [0.2, 0.25) is 0 Å². The predicted octanol–water partition coefficient (Wildman–Crippen LogP) is -3.60. The van der Waals surface area contributed by atoms with Crippen LogP contribution in [0.2, 0.25) is 0 Å². The summed E-state index contributed by atoms with van der Waals surface area (Å²) in [6.07, 6.45) is -21.8. The van der Waals surface area contributed by atoms with Crippen molar-refractivity contribution in [2.45, 2.75) is 124 Å². The summed E-state index contributed by atoms with van der Waals surface area (Å²) in [6.45, 7) is 1.07. The first-order valence-corrected chi connectivity index (χ1v) is 17.0. The number of rotatable bonds is 7. The fraction of sp³-hybridized carbons (Fsp3) is 0.758. The molecular weight excluding hydrogens is 684 g/mol. The predicted molar refractivity (Wildman–Crippen MR) is 164 cm³/mol. The van der Waals surface area contributed by atoms with Gasteiger partial charge in [0.15, 0.2) is 12.1 Å². The van der Waals surface area contributed by atoms with Crippen LogP contribution >= 0.6 is 0 Å². The Kier molecular flexibility index (Phi) is 11.3. The van der Waals surface area contributed by atoms with Crippen LogP contribution in [0.3, 0.4) is 0 Å². The molecular formula is C33H46O18. The number of aromatic hydroxyl groups is 1. The van der Waals surface area contributed by atoms with Crippen LogP contribution < -0.4 is 0 Å². The summed E-state index contributed by atoms with van der Waals surface area (Å²) in [7, 11) is 0. The minimum Gasteiger partial charge on any atom is -0.508 e. The highest BCUT2D eigenvalue weighted by Crippen LogP contribution is 2.50. The van der Waals surface area contributed by atoms with Gasteiger partial charge in [0, 0.05) is 24.7 Å². The molecule has 18 nitrogen and oxygen atoms in total. The van der Waals surface area contributed by atoms with E-state index in [1.54, 1.807) is 6.92 Å². The molecule has 1 aromatic rings. The molecule has 6 rings (SSSR count). The third-order valence-corrected chi connectivity index (χ3v) is 10.8. The van der Waals surface area contributed by atoms with Crippen LogP contribution in [0.15, 0.2) is 24.3 Å². The molecule has 0 aromatic heterocycles. The molecule has 0 amide bonds. The van der Waals surface area contributed by atoms with Gasteiger partial charge in [-0.1, -0.05) is 6.92 Å². The van der Waals surface area contributed by atoms with E-state index in [1.165, 1.54) is 24.3 Å². The Bertz CT molecular complexity index is 1380. The van der Waals surface area contributed by atoms with Crippen LogP contribution in [0.4, 0.5) is 0 Å². The average Bonchev–Trinajstić information content (AvgIpc) is 3.37. The van der Waals surface area contributed by atoms with Crippen molar-refractivity contribution in [2.75, 3.05) is 13.2 Å². The van der Waals surface area contributed by atoms with Crippen LogP contribution in [0.25, 0.3) is 0 Å². The van der Waals surface area contributed by atoms with Crippen molar-refractivity contribution < 1.29 is 89.1 Å². The van der Waals surface area contributed by atoms with Crippen LogP contribution in [0.5, 0.6) is 5.75 Å². The number of carbonyl (C=O) groups is 2. The maximum atomic E-state index is 13.6. The van der Waals surface area contributed by atoms with Gasteiger partial charge in [-0.15, -0.1) is 0 Å². The Morgan fingerprint density at radius 3 is 2.24 bits per heavy atom. The second kappa shape index (κ2) is 15.1. The number of esters is 2. The topological polar surface area (TPSA) is 292 Å². The van der Waals surface area contributed by atoms with E-state index in [4.69, 9.17) is 28.4 Å². The number of phenols is 1. The lowest BCUT2D eigenvalue weighted by atomic mass is 9.74. The lowest BCUT2D eigenvalue weighted by Gasteiger charge is -2.45. The fourth-order valence-corrected chi connectivity index (χ4v) is 7.77. The molecule has 18 heteroatoms. The molecule has 0 radical (unpaired) electrons. The number of hydrogen-bond donors (Lipinski definition) is 10. The van der Waals surface area contributed by atoms with Crippen molar-refractivity contribution in [3.63, 3.8) is 0 Å². The molecule has 3 heterocycles.